The third-order valence-corrected chi connectivity index (χ3v) is 4.30. The molecule has 1 aromatic carbocycles. The summed E-state index contributed by atoms with van der Waals surface area (Å²) in [6.07, 6.45) is 0. The maximum Gasteiger partial charge on any atom is 0.255 e. The van der Waals surface area contributed by atoms with Crippen molar-refractivity contribution in [2.75, 3.05) is 19.6 Å². The van der Waals surface area contributed by atoms with Crippen LogP contribution in [0.4, 0.5) is 0 Å². The van der Waals surface area contributed by atoms with Crippen LogP contribution in [0.2, 0.25) is 5.02 Å². The van der Waals surface area contributed by atoms with Gasteiger partial charge in [-0.25, -0.2) is 0 Å². The largest absolute Gasteiger partial charge is 0.339 e. The first-order valence-electron chi connectivity index (χ1n) is 6.41. The average molecular weight is 360 g/mol. The Morgan fingerprint density at radius 3 is 2.60 bits per heavy atom. The number of carbonyl (C=O) groups is 2. The van der Waals surface area contributed by atoms with E-state index in [2.05, 4.69) is 15.9 Å². The number of hydrogen-bond acceptors (Lipinski definition) is 2. The molecule has 0 aliphatic carbocycles. The van der Waals surface area contributed by atoms with E-state index in [-0.39, 0.29) is 17.9 Å². The molecule has 6 heteroatoms. The molecule has 1 aliphatic heterocycles. The van der Waals surface area contributed by atoms with E-state index in [4.69, 9.17) is 11.6 Å². The van der Waals surface area contributed by atoms with Gasteiger partial charge in [-0.05, 0) is 25.1 Å². The summed E-state index contributed by atoms with van der Waals surface area (Å²) in [5.74, 6) is -0.0381. The number of nitrogens with zero attached hydrogens (tertiary/aromatic N) is 2. The molecule has 2 amide bonds. The molecule has 1 fully saturated rings. The minimum Gasteiger partial charge on any atom is -0.339 e. The van der Waals surface area contributed by atoms with Gasteiger partial charge in [-0.1, -0.05) is 27.5 Å². The first kappa shape index (κ1) is 15.3. The zero-order valence-corrected chi connectivity index (χ0v) is 13.7. The maximum atomic E-state index is 12.5. The summed E-state index contributed by atoms with van der Waals surface area (Å²) in [5.41, 5.74) is 0.498. The Balaban J connectivity index is 2.16. The number of carbonyl (C=O) groups excluding carboxylic acids is 2. The van der Waals surface area contributed by atoms with Gasteiger partial charge in [0.1, 0.15) is 0 Å². The molecule has 1 aromatic rings. The molecule has 1 atom stereocenters. The highest BCUT2D eigenvalue weighted by Gasteiger charge is 2.29. The van der Waals surface area contributed by atoms with Crippen LogP contribution in [0, 0.1) is 0 Å². The van der Waals surface area contributed by atoms with Gasteiger partial charge in [-0.3, -0.25) is 9.59 Å². The number of hydrogen-bond donors (Lipinski definition) is 0. The van der Waals surface area contributed by atoms with Crippen LogP contribution in [0.25, 0.3) is 0 Å². The summed E-state index contributed by atoms with van der Waals surface area (Å²) in [5, 5.41) is 0.436. The van der Waals surface area contributed by atoms with Crippen LogP contribution in [0.15, 0.2) is 22.7 Å². The van der Waals surface area contributed by atoms with Crippen LogP contribution in [0.5, 0.6) is 0 Å². The number of piperazine rings is 1. The van der Waals surface area contributed by atoms with Crippen LogP contribution in [0.1, 0.15) is 24.2 Å². The van der Waals surface area contributed by atoms with Crippen molar-refractivity contribution in [1.29, 1.82) is 0 Å². The predicted octanol–water partition coefficient (Wildman–Crippen LogP) is 2.80. The third-order valence-electron chi connectivity index (χ3n) is 3.50. The fraction of sp³-hybridized carbons (Fsp3) is 0.429. The van der Waals surface area contributed by atoms with Crippen molar-refractivity contribution in [3.8, 4) is 0 Å². The van der Waals surface area contributed by atoms with E-state index >= 15 is 0 Å². The highest BCUT2D eigenvalue weighted by molar-refractivity contribution is 9.10. The Kier molecular flexibility index (Phi) is 4.70. The lowest BCUT2D eigenvalue weighted by Crippen LogP contribution is -2.55. The highest BCUT2D eigenvalue weighted by atomic mass is 79.9. The molecule has 2 rings (SSSR count). The summed E-state index contributed by atoms with van der Waals surface area (Å²) in [7, 11) is 0. The summed E-state index contributed by atoms with van der Waals surface area (Å²) in [6, 6.07) is 5.22. The standard InChI is InChI=1S/C14H16BrClN2O2/c1-9-8-17(10(2)19)5-6-18(9)14(20)12-4-3-11(15)7-13(12)16/h3-4,7,9H,5-6,8H2,1-2H3/t9-/m1/s1. The fourth-order valence-electron chi connectivity index (χ4n) is 2.36. The number of amides is 2. The lowest BCUT2D eigenvalue weighted by Gasteiger charge is -2.39. The van der Waals surface area contributed by atoms with E-state index in [1.165, 1.54) is 0 Å². The van der Waals surface area contributed by atoms with Gasteiger partial charge in [0.05, 0.1) is 10.6 Å². The molecule has 0 radical (unpaired) electrons. The average Bonchev–Trinajstić information content (AvgIpc) is 2.37. The van der Waals surface area contributed by atoms with Crippen molar-refractivity contribution in [1.82, 2.24) is 9.80 Å². The van der Waals surface area contributed by atoms with Gasteiger partial charge in [-0.15, -0.1) is 0 Å². The quantitative estimate of drug-likeness (QED) is 0.773. The minimum atomic E-state index is -0.0850. The molecule has 0 spiro atoms. The Hall–Kier alpha value is -1.07. The van der Waals surface area contributed by atoms with Gasteiger partial charge in [0.15, 0.2) is 0 Å². The predicted molar refractivity (Wildman–Crippen MR) is 81.9 cm³/mol. The third kappa shape index (κ3) is 3.15. The summed E-state index contributed by atoms with van der Waals surface area (Å²) in [6.45, 7) is 5.16. The Labute approximate surface area is 131 Å². The van der Waals surface area contributed by atoms with E-state index in [0.717, 1.165) is 4.47 Å². The zero-order valence-electron chi connectivity index (χ0n) is 11.4. The second kappa shape index (κ2) is 6.14. The fourth-order valence-corrected chi connectivity index (χ4v) is 3.12. The molecule has 1 aliphatic rings. The molecule has 108 valence electrons. The lowest BCUT2D eigenvalue weighted by atomic mass is 10.1. The Morgan fingerprint density at radius 1 is 1.35 bits per heavy atom. The minimum absolute atomic E-state index is 0.0140. The molecule has 0 saturated carbocycles. The molecule has 0 aromatic heterocycles. The Bertz CT molecular complexity index is 550. The molecule has 0 N–H and O–H groups in total. The molecular weight excluding hydrogens is 344 g/mol. The normalized spacial score (nSPS) is 19.1. The van der Waals surface area contributed by atoms with Crippen LogP contribution in [-0.2, 0) is 4.79 Å². The van der Waals surface area contributed by atoms with Gasteiger partial charge < -0.3 is 9.80 Å². The van der Waals surface area contributed by atoms with Crippen molar-refractivity contribution in [3.05, 3.63) is 33.3 Å². The first-order valence-corrected chi connectivity index (χ1v) is 7.58. The number of halogens is 2. The first-order chi connectivity index (χ1) is 9.40. The van der Waals surface area contributed by atoms with Crippen molar-refractivity contribution in [3.63, 3.8) is 0 Å². The smallest absolute Gasteiger partial charge is 0.255 e. The highest BCUT2D eigenvalue weighted by Crippen LogP contribution is 2.24. The van der Waals surface area contributed by atoms with Gasteiger partial charge in [-0.2, -0.15) is 0 Å². The lowest BCUT2D eigenvalue weighted by molar-refractivity contribution is -0.131. The van der Waals surface area contributed by atoms with Crippen LogP contribution in [0.3, 0.4) is 0 Å². The molecular formula is C14H16BrClN2O2. The van der Waals surface area contributed by atoms with Crippen molar-refractivity contribution < 1.29 is 9.59 Å². The summed E-state index contributed by atoms with van der Waals surface area (Å²) >= 11 is 9.45. The molecule has 20 heavy (non-hydrogen) atoms. The van der Waals surface area contributed by atoms with Gasteiger partial charge >= 0.3 is 0 Å². The van der Waals surface area contributed by atoms with Crippen molar-refractivity contribution in [2.45, 2.75) is 19.9 Å². The van der Waals surface area contributed by atoms with E-state index in [9.17, 15) is 9.59 Å². The van der Waals surface area contributed by atoms with E-state index in [0.29, 0.717) is 30.2 Å². The molecule has 4 nitrogen and oxygen atoms in total. The van der Waals surface area contributed by atoms with E-state index < -0.39 is 0 Å². The Morgan fingerprint density at radius 2 is 2.05 bits per heavy atom. The summed E-state index contributed by atoms with van der Waals surface area (Å²) in [4.78, 5) is 27.5. The SMILES string of the molecule is CC(=O)N1CCN(C(=O)c2ccc(Br)cc2Cl)[C@H](C)C1. The number of rotatable bonds is 1. The van der Waals surface area contributed by atoms with E-state index in [1.54, 1.807) is 34.9 Å². The second-order valence-electron chi connectivity index (χ2n) is 4.94. The summed E-state index contributed by atoms with van der Waals surface area (Å²) < 4.78 is 0.841. The monoisotopic (exact) mass is 358 g/mol. The number of benzene rings is 1. The second-order valence-corrected chi connectivity index (χ2v) is 6.26. The maximum absolute atomic E-state index is 12.5. The van der Waals surface area contributed by atoms with Crippen LogP contribution in [-0.4, -0.2) is 47.3 Å². The van der Waals surface area contributed by atoms with Gasteiger partial charge in [0.2, 0.25) is 5.91 Å². The topological polar surface area (TPSA) is 40.6 Å². The molecule has 1 heterocycles. The van der Waals surface area contributed by atoms with E-state index in [1.807, 2.05) is 6.92 Å². The van der Waals surface area contributed by atoms with Gasteiger partial charge in [0.25, 0.3) is 5.91 Å². The van der Waals surface area contributed by atoms with Crippen molar-refractivity contribution in [2.24, 2.45) is 0 Å². The molecule has 0 bridgehead atoms. The van der Waals surface area contributed by atoms with Crippen molar-refractivity contribution >= 4 is 39.3 Å². The van der Waals surface area contributed by atoms with Crippen LogP contribution >= 0.6 is 27.5 Å². The van der Waals surface area contributed by atoms with Crippen LogP contribution < -0.4 is 0 Å². The zero-order chi connectivity index (χ0) is 14.9. The van der Waals surface area contributed by atoms with Gasteiger partial charge in [0, 0.05) is 37.1 Å². The molecule has 0 unspecified atom stereocenters. The molecule has 1 saturated heterocycles.